The Kier molecular flexibility index (Phi) is 6.00. The minimum Gasteiger partial charge on any atom is -0.352 e. The number of rotatable bonds is 6. The lowest BCUT2D eigenvalue weighted by Crippen LogP contribution is -2.32. The van der Waals surface area contributed by atoms with E-state index < -0.39 is 6.03 Å². The lowest BCUT2D eigenvalue weighted by atomic mass is 10.2. The molecular formula is C7H15N3O2. The Morgan fingerprint density at radius 3 is 2.75 bits per heavy atom. The van der Waals surface area contributed by atoms with Crippen LogP contribution in [0.2, 0.25) is 0 Å². The smallest absolute Gasteiger partial charge is 0.312 e. The average molecular weight is 173 g/mol. The molecule has 0 aromatic heterocycles. The second kappa shape index (κ2) is 6.60. The molecule has 2 amide bonds. The van der Waals surface area contributed by atoms with Crippen molar-refractivity contribution in [1.82, 2.24) is 10.6 Å². The number of carbonyl (C=O) groups excluding carboxylic acids is 2. The maximum Gasteiger partial charge on any atom is 0.312 e. The van der Waals surface area contributed by atoms with Crippen LogP contribution in [0.5, 0.6) is 0 Å². The molecule has 4 N–H and O–H groups in total. The van der Waals surface area contributed by atoms with E-state index in [0.29, 0.717) is 13.0 Å². The molecule has 0 aromatic rings. The molecule has 70 valence electrons. The molecule has 5 heteroatoms. The monoisotopic (exact) mass is 173 g/mol. The van der Waals surface area contributed by atoms with Gasteiger partial charge in [-0.25, -0.2) is 4.79 Å². The highest BCUT2D eigenvalue weighted by atomic mass is 16.2. The first-order valence-corrected chi connectivity index (χ1v) is 3.86. The summed E-state index contributed by atoms with van der Waals surface area (Å²) in [6.07, 6.45) is 2.30. The molecule has 0 rings (SSSR count). The molecule has 1 atom stereocenters. The van der Waals surface area contributed by atoms with Crippen LogP contribution in [0.25, 0.3) is 0 Å². The molecule has 0 fully saturated rings. The highest BCUT2D eigenvalue weighted by molar-refractivity contribution is 5.71. The maximum atomic E-state index is 10.3. The molecule has 0 spiro atoms. The van der Waals surface area contributed by atoms with Gasteiger partial charge in [0.1, 0.15) is 6.29 Å². The first-order chi connectivity index (χ1) is 5.70. The van der Waals surface area contributed by atoms with E-state index in [0.717, 1.165) is 12.7 Å². The van der Waals surface area contributed by atoms with Gasteiger partial charge >= 0.3 is 6.03 Å². The average Bonchev–Trinajstić information content (AvgIpc) is 2.04. The van der Waals surface area contributed by atoms with Crippen LogP contribution in [0.3, 0.4) is 0 Å². The topological polar surface area (TPSA) is 84.2 Å². The lowest BCUT2D eigenvalue weighted by Gasteiger charge is -2.07. The number of carbonyl (C=O) groups is 2. The number of hydrogen-bond acceptors (Lipinski definition) is 3. The Bertz CT molecular complexity index is 150. The van der Waals surface area contributed by atoms with Crippen LogP contribution >= 0.6 is 0 Å². The lowest BCUT2D eigenvalue weighted by molar-refractivity contribution is -0.109. The Morgan fingerprint density at radius 1 is 1.67 bits per heavy atom. The van der Waals surface area contributed by atoms with Gasteiger partial charge in [0.25, 0.3) is 0 Å². The fraction of sp³-hybridized carbons (Fsp3) is 0.714. The van der Waals surface area contributed by atoms with E-state index in [9.17, 15) is 9.59 Å². The van der Waals surface area contributed by atoms with Crippen molar-refractivity contribution >= 4 is 12.3 Å². The fourth-order valence-corrected chi connectivity index (χ4v) is 0.814. The second-order valence-corrected chi connectivity index (χ2v) is 2.46. The Hall–Kier alpha value is -1.10. The molecule has 0 saturated heterocycles. The molecule has 0 heterocycles. The molecular weight excluding hydrogens is 158 g/mol. The molecule has 0 saturated carbocycles. The van der Waals surface area contributed by atoms with Crippen LogP contribution in [0.1, 0.15) is 12.8 Å². The van der Waals surface area contributed by atoms with E-state index in [1.807, 2.05) is 0 Å². The Balaban J connectivity index is 3.29. The summed E-state index contributed by atoms with van der Waals surface area (Å²) in [5, 5.41) is 5.27. The van der Waals surface area contributed by atoms with Gasteiger partial charge in [-0.1, -0.05) is 0 Å². The zero-order valence-electron chi connectivity index (χ0n) is 7.17. The SMILES string of the molecule is CN[C@H](C=O)CCCNC(N)=O. The Labute approximate surface area is 71.7 Å². The number of urea groups is 1. The summed E-state index contributed by atoms with van der Waals surface area (Å²) in [7, 11) is 1.72. The zero-order chi connectivity index (χ0) is 9.40. The predicted octanol–water partition coefficient (Wildman–Crippen LogP) is -0.778. The normalized spacial score (nSPS) is 12.1. The van der Waals surface area contributed by atoms with Gasteiger partial charge in [-0.2, -0.15) is 0 Å². The quantitative estimate of drug-likeness (QED) is 0.364. The van der Waals surface area contributed by atoms with Gasteiger partial charge in [0.05, 0.1) is 6.04 Å². The summed E-state index contributed by atoms with van der Waals surface area (Å²) in [5.74, 6) is 0. The van der Waals surface area contributed by atoms with Crippen LogP contribution in [0.4, 0.5) is 4.79 Å². The van der Waals surface area contributed by atoms with Crippen molar-refractivity contribution in [1.29, 1.82) is 0 Å². The molecule has 0 aliphatic heterocycles. The third-order valence-corrected chi connectivity index (χ3v) is 1.53. The van der Waals surface area contributed by atoms with Crippen LogP contribution < -0.4 is 16.4 Å². The molecule has 0 radical (unpaired) electrons. The number of hydrogen-bond donors (Lipinski definition) is 3. The maximum absolute atomic E-state index is 10.3. The summed E-state index contributed by atoms with van der Waals surface area (Å²) < 4.78 is 0. The molecule has 0 aromatic carbocycles. The first kappa shape index (κ1) is 10.9. The Morgan fingerprint density at radius 2 is 2.33 bits per heavy atom. The van der Waals surface area contributed by atoms with Crippen LogP contribution in [-0.4, -0.2) is 32.0 Å². The first-order valence-electron chi connectivity index (χ1n) is 3.86. The van der Waals surface area contributed by atoms with Crippen molar-refractivity contribution in [2.45, 2.75) is 18.9 Å². The number of amides is 2. The van der Waals surface area contributed by atoms with Gasteiger partial charge in [-0.05, 0) is 19.9 Å². The van der Waals surface area contributed by atoms with Crippen molar-refractivity contribution in [3.63, 3.8) is 0 Å². The number of likely N-dealkylation sites (N-methyl/N-ethyl adjacent to an activating group) is 1. The highest BCUT2D eigenvalue weighted by Gasteiger charge is 2.02. The van der Waals surface area contributed by atoms with E-state index >= 15 is 0 Å². The van der Waals surface area contributed by atoms with Gasteiger partial charge in [-0.3, -0.25) is 0 Å². The number of nitrogens with one attached hydrogen (secondary N) is 2. The zero-order valence-corrected chi connectivity index (χ0v) is 7.17. The van der Waals surface area contributed by atoms with E-state index in [4.69, 9.17) is 5.73 Å². The van der Waals surface area contributed by atoms with Gasteiger partial charge < -0.3 is 21.2 Å². The van der Waals surface area contributed by atoms with E-state index in [1.165, 1.54) is 0 Å². The molecule has 5 nitrogen and oxygen atoms in total. The number of nitrogens with two attached hydrogens (primary N) is 1. The molecule has 0 aliphatic carbocycles. The van der Waals surface area contributed by atoms with Crippen molar-refractivity contribution in [2.24, 2.45) is 5.73 Å². The summed E-state index contributed by atoms with van der Waals surface area (Å²) in [6.45, 7) is 0.515. The second-order valence-electron chi connectivity index (χ2n) is 2.46. The van der Waals surface area contributed by atoms with E-state index in [1.54, 1.807) is 7.05 Å². The molecule has 12 heavy (non-hydrogen) atoms. The molecule has 0 bridgehead atoms. The van der Waals surface area contributed by atoms with Gasteiger partial charge in [0, 0.05) is 6.54 Å². The van der Waals surface area contributed by atoms with Crippen LogP contribution in [0, 0.1) is 0 Å². The van der Waals surface area contributed by atoms with E-state index in [2.05, 4.69) is 10.6 Å². The van der Waals surface area contributed by atoms with Gasteiger partial charge in [0.15, 0.2) is 0 Å². The number of aldehydes is 1. The summed E-state index contributed by atoms with van der Waals surface area (Å²) in [5.41, 5.74) is 4.84. The summed E-state index contributed by atoms with van der Waals surface area (Å²) >= 11 is 0. The molecule has 0 unspecified atom stereocenters. The van der Waals surface area contributed by atoms with Crippen LogP contribution in [-0.2, 0) is 4.79 Å². The van der Waals surface area contributed by atoms with Crippen molar-refractivity contribution in [2.75, 3.05) is 13.6 Å². The fourth-order valence-electron chi connectivity index (χ4n) is 0.814. The summed E-state index contributed by atoms with van der Waals surface area (Å²) in [6, 6.07) is -0.651. The largest absolute Gasteiger partial charge is 0.352 e. The van der Waals surface area contributed by atoms with Crippen molar-refractivity contribution < 1.29 is 9.59 Å². The van der Waals surface area contributed by atoms with Gasteiger partial charge in [0.2, 0.25) is 0 Å². The predicted molar refractivity (Wildman–Crippen MR) is 45.7 cm³/mol. The minimum atomic E-state index is -0.526. The standard InChI is InChI=1S/C7H15N3O2/c1-9-6(5-11)3-2-4-10-7(8)12/h5-6,9H,2-4H2,1H3,(H3,8,10,12)/t6-/m0/s1. The van der Waals surface area contributed by atoms with Crippen molar-refractivity contribution in [3.8, 4) is 0 Å². The van der Waals surface area contributed by atoms with E-state index in [-0.39, 0.29) is 6.04 Å². The third-order valence-electron chi connectivity index (χ3n) is 1.53. The molecule has 0 aliphatic rings. The highest BCUT2D eigenvalue weighted by Crippen LogP contribution is 1.91. The summed E-state index contributed by atoms with van der Waals surface area (Å²) in [4.78, 5) is 20.5. The number of primary amides is 1. The minimum absolute atomic E-state index is 0.125. The third kappa shape index (κ3) is 5.67. The van der Waals surface area contributed by atoms with Gasteiger partial charge in [-0.15, -0.1) is 0 Å². The van der Waals surface area contributed by atoms with Crippen LogP contribution in [0.15, 0.2) is 0 Å². The van der Waals surface area contributed by atoms with Crippen molar-refractivity contribution in [3.05, 3.63) is 0 Å².